The number of hydrogen-bond donors (Lipinski definition) is 0. The normalized spacial score (nSPS) is 48.0. The molecule has 0 saturated carbocycles. The first-order valence-corrected chi connectivity index (χ1v) is 9.32. The van der Waals surface area contributed by atoms with Crippen LogP contribution < -0.4 is 0 Å². The Morgan fingerprint density at radius 3 is 2.71 bits per heavy atom. The van der Waals surface area contributed by atoms with E-state index in [0.717, 1.165) is 0 Å². The Balaban J connectivity index is 2.39. The van der Waals surface area contributed by atoms with Crippen LogP contribution in [0.5, 0.6) is 0 Å². The van der Waals surface area contributed by atoms with Crippen LogP contribution in [0.15, 0.2) is 0 Å². The van der Waals surface area contributed by atoms with Crippen LogP contribution in [0.4, 0.5) is 0 Å². The van der Waals surface area contributed by atoms with E-state index in [-0.39, 0.29) is 19.0 Å². The summed E-state index contributed by atoms with van der Waals surface area (Å²) in [6.07, 6.45) is 0. The maximum absolute atomic E-state index is 7.27. The zero-order chi connectivity index (χ0) is 7.61. The maximum Gasteiger partial charge on any atom is 0.0273 e. The average molecular weight is 149 g/mol. The number of hydrogen-bond acceptors (Lipinski definition) is 0. The first-order valence-electron chi connectivity index (χ1n) is 4.61. The van der Waals surface area contributed by atoms with Gasteiger partial charge in [0.25, 0.3) is 0 Å². The summed E-state index contributed by atoms with van der Waals surface area (Å²) in [5, 5.41) is 0. The first-order chi connectivity index (χ1) is 4.61. The molecule has 1 aliphatic rings. The SMILES string of the molecule is [2H]C([2H])([2H])[SiH]1C[SiH2]C[SiH2]C1. The van der Waals surface area contributed by atoms with Crippen LogP contribution in [-0.2, 0) is 0 Å². The van der Waals surface area contributed by atoms with Crippen molar-refractivity contribution in [3.8, 4) is 0 Å². The van der Waals surface area contributed by atoms with E-state index in [1.807, 2.05) is 0 Å². The summed E-state index contributed by atoms with van der Waals surface area (Å²) >= 11 is 0. The second kappa shape index (κ2) is 2.84. The second-order valence-electron chi connectivity index (χ2n) is 2.33. The van der Waals surface area contributed by atoms with Gasteiger partial charge in [0.1, 0.15) is 0 Å². The molecule has 1 rings (SSSR count). The lowest BCUT2D eigenvalue weighted by atomic mass is 11.7. The van der Waals surface area contributed by atoms with Gasteiger partial charge in [0.05, 0.1) is 0 Å². The lowest BCUT2D eigenvalue weighted by Crippen LogP contribution is -2.20. The second-order valence-corrected chi connectivity index (χ2v) is 12.6. The molecule has 0 bridgehead atoms. The first kappa shape index (κ1) is 2.98. The van der Waals surface area contributed by atoms with Gasteiger partial charge in [-0.2, -0.15) is 0 Å². The molecule has 3 heteroatoms. The zero-order valence-electron chi connectivity index (χ0n) is 7.61. The van der Waals surface area contributed by atoms with Crippen molar-refractivity contribution in [2.24, 2.45) is 0 Å². The molecule has 0 N–H and O–H groups in total. The van der Waals surface area contributed by atoms with Crippen LogP contribution >= 0.6 is 0 Å². The van der Waals surface area contributed by atoms with Crippen molar-refractivity contribution in [3.63, 3.8) is 0 Å². The van der Waals surface area contributed by atoms with Crippen LogP contribution in [0.25, 0.3) is 0 Å². The minimum atomic E-state index is -1.47. The predicted molar refractivity (Wildman–Crippen MR) is 44.5 cm³/mol. The summed E-state index contributed by atoms with van der Waals surface area (Å²) in [6, 6.07) is 0. The predicted octanol–water partition coefficient (Wildman–Crippen LogP) is -0.515. The van der Waals surface area contributed by atoms with E-state index in [1.165, 1.54) is 11.3 Å². The fourth-order valence-electron chi connectivity index (χ4n) is 1.10. The van der Waals surface area contributed by atoms with Gasteiger partial charge in [0, 0.05) is 31.9 Å². The van der Waals surface area contributed by atoms with Gasteiger partial charge < -0.3 is 0 Å². The van der Waals surface area contributed by atoms with Gasteiger partial charge in [-0.05, 0) is 0 Å². The van der Waals surface area contributed by atoms with Crippen molar-refractivity contribution in [2.45, 2.75) is 23.5 Å². The molecule has 0 atom stereocenters. The Labute approximate surface area is 56.2 Å². The fraction of sp³-hybridized carbons (Fsp3) is 1.00. The van der Waals surface area contributed by atoms with E-state index < -0.39 is 15.3 Å². The van der Waals surface area contributed by atoms with E-state index in [2.05, 4.69) is 0 Å². The molecule has 0 aromatic rings. The Hall–Kier alpha value is 0.651. The molecule has 42 valence electrons. The molecule has 0 amide bonds. The summed E-state index contributed by atoms with van der Waals surface area (Å²) in [5.74, 6) is 0. The van der Waals surface area contributed by atoms with Crippen LogP contribution in [0.1, 0.15) is 4.11 Å². The van der Waals surface area contributed by atoms with E-state index in [1.54, 1.807) is 5.67 Å². The third-order valence-electron chi connectivity index (χ3n) is 1.61. The largest absolute Gasteiger partial charge is 0.0725 e. The van der Waals surface area contributed by atoms with Crippen molar-refractivity contribution in [2.75, 3.05) is 0 Å². The van der Waals surface area contributed by atoms with Crippen LogP contribution in [0.2, 0.25) is 23.5 Å². The van der Waals surface area contributed by atoms with Gasteiger partial charge in [-0.25, -0.2) is 0 Å². The molecule has 0 radical (unpaired) electrons. The maximum atomic E-state index is 7.27. The summed E-state index contributed by atoms with van der Waals surface area (Å²) in [5.41, 5.74) is 3.99. The van der Waals surface area contributed by atoms with Crippen molar-refractivity contribution in [1.82, 2.24) is 0 Å². The van der Waals surface area contributed by atoms with E-state index in [0.29, 0.717) is 0 Å². The zero-order valence-corrected chi connectivity index (χ0v) is 8.60. The third kappa shape index (κ3) is 1.92. The van der Waals surface area contributed by atoms with Crippen molar-refractivity contribution in [3.05, 3.63) is 0 Å². The molecule has 1 heterocycles. The third-order valence-corrected chi connectivity index (χ3v) is 14.4. The van der Waals surface area contributed by atoms with Gasteiger partial charge in [-0.15, -0.1) is 0 Å². The molecule has 0 unspecified atom stereocenters. The van der Waals surface area contributed by atoms with Crippen LogP contribution in [0.3, 0.4) is 0 Å². The summed E-state index contributed by atoms with van der Waals surface area (Å²) in [4.78, 5) is 0. The highest BCUT2D eigenvalue weighted by Gasteiger charge is 2.08. The number of rotatable bonds is 0. The average Bonchev–Trinajstić information content (AvgIpc) is 1.88. The topological polar surface area (TPSA) is 0 Å². The van der Waals surface area contributed by atoms with E-state index in [4.69, 9.17) is 4.11 Å². The molecular weight excluding hydrogens is 132 g/mol. The van der Waals surface area contributed by atoms with Gasteiger partial charge >= 0.3 is 0 Å². The Kier molecular flexibility index (Phi) is 1.21. The summed E-state index contributed by atoms with van der Waals surface area (Å²) in [6.45, 7) is -1.47. The molecule has 7 heavy (non-hydrogen) atoms. The minimum Gasteiger partial charge on any atom is -0.0725 e. The highest BCUT2D eigenvalue weighted by atomic mass is 28.4. The van der Waals surface area contributed by atoms with Gasteiger partial charge in [-0.1, -0.05) is 23.5 Å². The smallest absolute Gasteiger partial charge is 0.0273 e. The summed E-state index contributed by atoms with van der Waals surface area (Å²) < 4.78 is 21.8. The van der Waals surface area contributed by atoms with Gasteiger partial charge in [-0.3, -0.25) is 0 Å². The van der Waals surface area contributed by atoms with E-state index in [9.17, 15) is 0 Å². The quantitative estimate of drug-likeness (QED) is 0.407. The lowest BCUT2D eigenvalue weighted by molar-refractivity contribution is 1.63. The molecule has 0 aromatic heterocycles. The molecule has 1 saturated heterocycles. The Morgan fingerprint density at radius 1 is 1.57 bits per heavy atom. The Morgan fingerprint density at radius 2 is 2.29 bits per heavy atom. The monoisotopic (exact) mass is 149 g/mol. The highest BCUT2D eigenvalue weighted by Crippen LogP contribution is 2.04. The van der Waals surface area contributed by atoms with E-state index >= 15 is 0 Å². The van der Waals surface area contributed by atoms with Crippen LogP contribution in [-0.4, -0.2) is 27.8 Å². The molecule has 0 nitrogen and oxygen atoms in total. The fourth-order valence-corrected chi connectivity index (χ4v) is 17.7. The van der Waals surface area contributed by atoms with Crippen LogP contribution in [0, 0.1) is 0 Å². The molecule has 0 aliphatic carbocycles. The summed E-state index contributed by atoms with van der Waals surface area (Å²) in [7, 11) is -0.902. The lowest BCUT2D eigenvalue weighted by Gasteiger charge is -2.13. The molecule has 0 spiro atoms. The molecular formula is C4H14Si3. The van der Waals surface area contributed by atoms with Gasteiger partial charge in [0.15, 0.2) is 0 Å². The minimum absolute atomic E-state index is 0.145. The standard InChI is InChI=1S/C4H14Si3/c1-7-3-5-2-6-4-7/h7H,2-6H2,1H3/i1D3. The van der Waals surface area contributed by atoms with Gasteiger partial charge in [0.2, 0.25) is 0 Å². The van der Waals surface area contributed by atoms with Crippen molar-refractivity contribution in [1.29, 1.82) is 0 Å². The van der Waals surface area contributed by atoms with Crippen molar-refractivity contribution >= 4 is 27.8 Å². The Bertz CT molecular complexity index is 107. The molecule has 1 aliphatic heterocycles. The highest BCUT2D eigenvalue weighted by molar-refractivity contribution is 6.83. The molecule has 1 fully saturated rings. The van der Waals surface area contributed by atoms with Crippen molar-refractivity contribution < 1.29 is 4.11 Å². The molecule has 0 aromatic carbocycles.